The number of fused-ring (bicyclic) bond motifs is 1. The number of rotatable bonds is 4. The van der Waals surface area contributed by atoms with Gasteiger partial charge >= 0.3 is 0 Å². The first-order chi connectivity index (χ1) is 8.99. The molecule has 0 bridgehead atoms. The molecule has 0 radical (unpaired) electrons. The van der Waals surface area contributed by atoms with Gasteiger partial charge in [-0.1, -0.05) is 17.7 Å². The fourth-order valence-corrected chi connectivity index (χ4v) is 2.25. The van der Waals surface area contributed by atoms with Gasteiger partial charge in [-0.3, -0.25) is 4.79 Å². The van der Waals surface area contributed by atoms with Gasteiger partial charge in [-0.25, -0.2) is 0 Å². The van der Waals surface area contributed by atoms with Crippen LogP contribution in [0.3, 0.4) is 0 Å². The predicted octanol–water partition coefficient (Wildman–Crippen LogP) is 2.42. The van der Waals surface area contributed by atoms with Crippen molar-refractivity contribution >= 4 is 28.4 Å². The predicted molar refractivity (Wildman–Crippen MR) is 78.9 cm³/mol. The zero-order valence-corrected chi connectivity index (χ0v) is 12.1. The first kappa shape index (κ1) is 13.9. The number of aromatic amines is 1. The molecule has 0 saturated heterocycles. The minimum Gasteiger partial charge on any atom is -0.358 e. The number of nitrogens with one attached hydrogen (secondary N) is 2. The highest BCUT2D eigenvalue weighted by atomic mass is 35.5. The van der Waals surface area contributed by atoms with Crippen LogP contribution >= 0.6 is 11.6 Å². The number of amides is 1. The third kappa shape index (κ3) is 3.08. The number of hydrogen-bond donors (Lipinski definition) is 2. The highest BCUT2D eigenvalue weighted by Crippen LogP contribution is 2.24. The molecule has 2 rings (SSSR count). The largest absolute Gasteiger partial charge is 0.358 e. The average Bonchev–Trinajstić information content (AvgIpc) is 2.63. The lowest BCUT2D eigenvalue weighted by molar-refractivity contribution is 0.0952. The van der Waals surface area contributed by atoms with E-state index in [4.69, 9.17) is 11.6 Å². The average molecular weight is 280 g/mol. The van der Waals surface area contributed by atoms with Gasteiger partial charge < -0.3 is 15.2 Å². The van der Waals surface area contributed by atoms with E-state index >= 15 is 0 Å². The van der Waals surface area contributed by atoms with Crippen molar-refractivity contribution in [2.45, 2.75) is 6.92 Å². The molecule has 0 saturated carbocycles. The topological polar surface area (TPSA) is 48.1 Å². The molecular formula is C14H18ClN3O. The first-order valence-corrected chi connectivity index (χ1v) is 6.57. The van der Waals surface area contributed by atoms with Crippen LogP contribution in [0.25, 0.3) is 10.9 Å². The van der Waals surface area contributed by atoms with Crippen LogP contribution in [0.15, 0.2) is 18.2 Å². The highest BCUT2D eigenvalue weighted by molar-refractivity contribution is 6.31. The molecule has 0 fully saturated rings. The molecule has 0 atom stereocenters. The van der Waals surface area contributed by atoms with Crippen molar-refractivity contribution in [3.63, 3.8) is 0 Å². The molecule has 1 aromatic heterocycles. The third-order valence-electron chi connectivity index (χ3n) is 3.02. The number of benzene rings is 1. The van der Waals surface area contributed by atoms with Gasteiger partial charge in [-0.05, 0) is 33.2 Å². The normalized spacial score (nSPS) is 11.2. The molecule has 0 aliphatic rings. The Labute approximate surface area is 117 Å². The second-order valence-electron chi connectivity index (χ2n) is 4.87. The summed E-state index contributed by atoms with van der Waals surface area (Å²) in [6.07, 6.45) is 0. The second-order valence-corrected chi connectivity index (χ2v) is 5.31. The van der Waals surface area contributed by atoms with Gasteiger partial charge in [0, 0.05) is 34.7 Å². The Bertz CT molecular complexity index is 604. The molecule has 2 aromatic rings. The van der Waals surface area contributed by atoms with E-state index in [1.165, 1.54) is 0 Å². The van der Waals surface area contributed by atoms with Crippen molar-refractivity contribution in [2.24, 2.45) is 0 Å². The summed E-state index contributed by atoms with van der Waals surface area (Å²) in [4.78, 5) is 17.4. The summed E-state index contributed by atoms with van der Waals surface area (Å²) in [5.74, 6) is -0.0482. The minimum absolute atomic E-state index is 0.0482. The van der Waals surface area contributed by atoms with Gasteiger partial charge in [0.05, 0.1) is 5.56 Å². The summed E-state index contributed by atoms with van der Waals surface area (Å²) in [6, 6.07) is 5.51. The highest BCUT2D eigenvalue weighted by Gasteiger charge is 2.15. The summed E-state index contributed by atoms with van der Waals surface area (Å²) in [7, 11) is 3.95. The van der Waals surface area contributed by atoms with E-state index in [9.17, 15) is 4.79 Å². The van der Waals surface area contributed by atoms with Crippen molar-refractivity contribution in [3.05, 3.63) is 34.5 Å². The molecule has 1 heterocycles. The number of likely N-dealkylation sites (N-methyl/N-ethyl adjacent to an activating group) is 1. The summed E-state index contributed by atoms with van der Waals surface area (Å²) < 4.78 is 0. The molecule has 19 heavy (non-hydrogen) atoms. The van der Waals surface area contributed by atoms with Crippen LogP contribution in [0.1, 0.15) is 16.1 Å². The van der Waals surface area contributed by atoms with E-state index in [1.54, 1.807) is 6.07 Å². The zero-order valence-electron chi connectivity index (χ0n) is 11.4. The number of H-pyrrole nitrogens is 1. The van der Waals surface area contributed by atoms with Crippen LogP contribution in [0.2, 0.25) is 5.02 Å². The molecule has 4 nitrogen and oxygen atoms in total. The molecule has 0 unspecified atom stereocenters. The van der Waals surface area contributed by atoms with Crippen LogP contribution < -0.4 is 5.32 Å². The summed E-state index contributed by atoms with van der Waals surface area (Å²) >= 11 is 5.95. The van der Waals surface area contributed by atoms with Crippen LogP contribution in [0.5, 0.6) is 0 Å². The Hall–Kier alpha value is -1.52. The Morgan fingerprint density at radius 3 is 2.84 bits per heavy atom. The van der Waals surface area contributed by atoms with Crippen LogP contribution in [0, 0.1) is 6.92 Å². The van der Waals surface area contributed by atoms with Crippen LogP contribution in [-0.4, -0.2) is 43.0 Å². The lowest BCUT2D eigenvalue weighted by Gasteiger charge is -2.10. The fraction of sp³-hybridized carbons (Fsp3) is 0.357. The van der Waals surface area contributed by atoms with Gasteiger partial charge in [0.25, 0.3) is 5.91 Å². The van der Waals surface area contributed by atoms with Gasteiger partial charge in [0.15, 0.2) is 0 Å². The fourth-order valence-electron chi connectivity index (χ4n) is 2.08. The lowest BCUT2D eigenvalue weighted by Crippen LogP contribution is -2.31. The van der Waals surface area contributed by atoms with E-state index in [0.717, 1.165) is 23.1 Å². The summed E-state index contributed by atoms with van der Waals surface area (Å²) in [6.45, 7) is 3.35. The number of carbonyl (C=O) groups is 1. The Kier molecular flexibility index (Phi) is 4.12. The quantitative estimate of drug-likeness (QED) is 0.903. The molecule has 1 aromatic carbocycles. The smallest absolute Gasteiger partial charge is 0.253 e. The van der Waals surface area contributed by atoms with E-state index in [0.29, 0.717) is 17.1 Å². The summed E-state index contributed by atoms with van der Waals surface area (Å²) in [5.41, 5.74) is 2.45. The number of halogens is 1. The number of hydrogen-bond acceptors (Lipinski definition) is 2. The SMILES string of the molecule is Cc1[nH]c2cc(Cl)ccc2c1C(=O)NCCN(C)C. The summed E-state index contributed by atoms with van der Waals surface area (Å²) in [5, 5.41) is 4.50. The van der Waals surface area contributed by atoms with Gasteiger partial charge in [-0.15, -0.1) is 0 Å². The molecule has 1 amide bonds. The number of carbonyl (C=O) groups excluding carboxylic acids is 1. The monoisotopic (exact) mass is 279 g/mol. The Balaban J connectivity index is 2.24. The van der Waals surface area contributed by atoms with Gasteiger partial charge in [0.1, 0.15) is 0 Å². The third-order valence-corrected chi connectivity index (χ3v) is 3.25. The molecular weight excluding hydrogens is 262 g/mol. The lowest BCUT2D eigenvalue weighted by atomic mass is 10.1. The maximum absolute atomic E-state index is 12.2. The maximum Gasteiger partial charge on any atom is 0.253 e. The van der Waals surface area contributed by atoms with Crippen molar-refractivity contribution in [2.75, 3.05) is 27.2 Å². The van der Waals surface area contributed by atoms with Crippen molar-refractivity contribution in [3.8, 4) is 0 Å². The first-order valence-electron chi connectivity index (χ1n) is 6.20. The molecule has 0 aliphatic heterocycles. The number of aromatic nitrogens is 1. The van der Waals surface area contributed by atoms with Crippen molar-refractivity contribution in [1.29, 1.82) is 0 Å². The number of aryl methyl sites for hydroxylation is 1. The van der Waals surface area contributed by atoms with Crippen LogP contribution in [0.4, 0.5) is 0 Å². The van der Waals surface area contributed by atoms with Gasteiger partial charge in [0.2, 0.25) is 0 Å². The Morgan fingerprint density at radius 2 is 2.16 bits per heavy atom. The molecule has 0 spiro atoms. The van der Waals surface area contributed by atoms with E-state index in [2.05, 4.69) is 10.3 Å². The van der Waals surface area contributed by atoms with E-state index in [-0.39, 0.29) is 5.91 Å². The zero-order chi connectivity index (χ0) is 14.0. The molecule has 0 aliphatic carbocycles. The van der Waals surface area contributed by atoms with E-state index < -0.39 is 0 Å². The standard InChI is InChI=1S/C14H18ClN3O/c1-9-13(14(19)16-6-7-18(2)3)11-5-4-10(15)8-12(11)17-9/h4-5,8,17H,6-7H2,1-3H3,(H,16,19). The van der Waals surface area contributed by atoms with Gasteiger partial charge in [-0.2, -0.15) is 0 Å². The second kappa shape index (κ2) is 5.63. The van der Waals surface area contributed by atoms with Crippen molar-refractivity contribution in [1.82, 2.24) is 15.2 Å². The minimum atomic E-state index is -0.0482. The molecule has 2 N–H and O–H groups in total. The van der Waals surface area contributed by atoms with E-state index in [1.807, 2.05) is 38.1 Å². The molecule has 102 valence electrons. The number of nitrogens with zero attached hydrogens (tertiary/aromatic N) is 1. The Morgan fingerprint density at radius 1 is 1.42 bits per heavy atom. The van der Waals surface area contributed by atoms with Crippen molar-refractivity contribution < 1.29 is 4.79 Å². The molecule has 5 heteroatoms. The van der Waals surface area contributed by atoms with Crippen LogP contribution in [-0.2, 0) is 0 Å². The maximum atomic E-state index is 12.2.